The standard InChI is InChI=1S/C6H13NO2S.ClH/c1-5(2)10(8,9)6-3-7-4-6;/h5-7H,3-4H2,1-2H3;1H. The van der Waals surface area contributed by atoms with E-state index in [1.807, 2.05) is 0 Å². The van der Waals surface area contributed by atoms with Crippen molar-refractivity contribution in [2.75, 3.05) is 13.1 Å². The lowest BCUT2D eigenvalue weighted by Crippen LogP contribution is -2.53. The lowest BCUT2D eigenvalue weighted by molar-refractivity contribution is 0.490. The molecule has 1 saturated heterocycles. The van der Waals surface area contributed by atoms with Gasteiger partial charge < -0.3 is 5.32 Å². The van der Waals surface area contributed by atoms with E-state index in [0.29, 0.717) is 13.1 Å². The topological polar surface area (TPSA) is 46.2 Å². The third-order valence-electron chi connectivity index (χ3n) is 1.87. The Kier molecular flexibility index (Phi) is 3.80. The van der Waals surface area contributed by atoms with Crippen LogP contribution in [0.2, 0.25) is 0 Å². The first-order valence-electron chi connectivity index (χ1n) is 3.48. The summed E-state index contributed by atoms with van der Waals surface area (Å²) in [6.45, 7) is 4.74. The van der Waals surface area contributed by atoms with Gasteiger partial charge >= 0.3 is 0 Å². The molecule has 3 nitrogen and oxygen atoms in total. The van der Waals surface area contributed by atoms with Crippen LogP contribution >= 0.6 is 12.4 Å². The predicted molar refractivity (Wildman–Crippen MR) is 48.0 cm³/mol. The van der Waals surface area contributed by atoms with Gasteiger partial charge in [0, 0.05) is 13.1 Å². The maximum atomic E-state index is 11.3. The van der Waals surface area contributed by atoms with Crippen LogP contribution in [0.4, 0.5) is 0 Å². The summed E-state index contributed by atoms with van der Waals surface area (Å²) in [5.41, 5.74) is 0. The Morgan fingerprint density at radius 3 is 1.91 bits per heavy atom. The summed E-state index contributed by atoms with van der Waals surface area (Å²) in [5, 5.41) is 2.60. The molecule has 0 bridgehead atoms. The molecule has 0 aromatic rings. The average Bonchev–Trinajstić information content (AvgIpc) is 1.57. The van der Waals surface area contributed by atoms with Crippen molar-refractivity contribution in [1.82, 2.24) is 5.32 Å². The molecule has 1 rings (SSSR count). The zero-order valence-electron chi connectivity index (χ0n) is 6.70. The third-order valence-corrected chi connectivity index (χ3v) is 4.44. The maximum absolute atomic E-state index is 11.3. The Morgan fingerprint density at radius 1 is 1.36 bits per heavy atom. The van der Waals surface area contributed by atoms with Crippen molar-refractivity contribution in [2.24, 2.45) is 0 Å². The van der Waals surface area contributed by atoms with Crippen LogP contribution in [0.5, 0.6) is 0 Å². The predicted octanol–water partition coefficient (Wildman–Crippen LogP) is 0.203. The van der Waals surface area contributed by atoms with Crippen molar-refractivity contribution in [1.29, 1.82) is 0 Å². The molecule has 68 valence electrons. The van der Waals surface area contributed by atoms with E-state index in [1.54, 1.807) is 13.8 Å². The first-order valence-corrected chi connectivity index (χ1v) is 5.09. The molecule has 0 radical (unpaired) electrons. The van der Waals surface area contributed by atoms with Crippen LogP contribution in [0, 0.1) is 0 Å². The van der Waals surface area contributed by atoms with Crippen LogP contribution in [0.3, 0.4) is 0 Å². The van der Waals surface area contributed by atoms with Crippen molar-refractivity contribution in [3.8, 4) is 0 Å². The minimum atomic E-state index is -2.80. The van der Waals surface area contributed by atoms with E-state index in [1.165, 1.54) is 0 Å². The normalized spacial score (nSPS) is 19.2. The van der Waals surface area contributed by atoms with E-state index in [2.05, 4.69) is 5.32 Å². The minimum Gasteiger partial charge on any atom is -0.314 e. The van der Waals surface area contributed by atoms with Gasteiger partial charge in [-0.2, -0.15) is 0 Å². The molecular formula is C6H14ClNO2S. The first kappa shape index (κ1) is 11.2. The number of hydrogen-bond acceptors (Lipinski definition) is 3. The lowest BCUT2D eigenvalue weighted by Gasteiger charge is -2.28. The highest BCUT2D eigenvalue weighted by atomic mass is 35.5. The average molecular weight is 200 g/mol. The Bertz CT molecular complexity index is 209. The van der Waals surface area contributed by atoms with E-state index in [0.717, 1.165) is 0 Å². The third kappa shape index (κ3) is 2.07. The number of halogens is 1. The Labute approximate surface area is 73.9 Å². The number of hydrogen-bond donors (Lipinski definition) is 1. The van der Waals surface area contributed by atoms with Gasteiger partial charge in [0.15, 0.2) is 9.84 Å². The van der Waals surface area contributed by atoms with E-state index >= 15 is 0 Å². The van der Waals surface area contributed by atoms with Crippen LogP contribution in [0.1, 0.15) is 13.8 Å². The van der Waals surface area contributed by atoms with Gasteiger partial charge in [0.25, 0.3) is 0 Å². The maximum Gasteiger partial charge on any atom is 0.157 e. The van der Waals surface area contributed by atoms with Crippen molar-refractivity contribution >= 4 is 22.2 Å². The monoisotopic (exact) mass is 199 g/mol. The van der Waals surface area contributed by atoms with E-state index in [-0.39, 0.29) is 22.9 Å². The fourth-order valence-electron chi connectivity index (χ4n) is 0.879. The summed E-state index contributed by atoms with van der Waals surface area (Å²) in [4.78, 5) is 0. The summed E-state index contributed by atoms with van der Waals surface area (Å²) in [6, 6.07) is 0. The fraction of sp³-hybridized carbons (Fsp3) is 1.00. The molecule has 1 aliphatic rings. The molecule has 0 aromatic carbocycles. The molecule has 11 heavy (non-hydrogen) atoms. The van der Waals surface area contributed by atoms with Gasteiger partial charge in [-0.3, -0.25) is 0 Å². The minimum absolute atomic E-state index is 0. The molecule has 0 spiro atoms. The quantitative estimate of drug-likeness (QED) is 0.692. The molecule has 0 atom stereocenters. The Morgan fingerprint density at radius 2 is 1.82 bits per heavy atom. The number of rotatable bonds is 2. The fourth-order valence-corrected chi connectivity index (χ4v) is 2.35. The van der Waals surface area contributed by atoms with Crippen LogP contribution in [0.25, 0.3) is 0 Å². The van der Waals surface area contributed by atoms with Crippen LogP contribution < -0.4 is 5.32 Å². The molecule has 0 aliphatic carbocycles. The summed E-state index contributed by atoms with van der Waals surface area (Å²) in [6.07, 6.45) is 0. The second-order valence-corrected chi connectivity index (χ2v) is 5.71. The zero-order chi connectivity index (χ0) is 7.78. The summed E-state index contributed by atoms with van der Waals surface area (Å²) in [5.74, 6) is 0. The summed E-state index contributed by atoms with van der Waals surface area (Å²) < 4.78 is 22.5. The van der Waals surface area contributed by atoms with Gasteiger partial charge in [0.05, 0.1) is 10.5 Å². The van der Waals surface area contributed by atoms with E-state index in [4.69, 9.17) is 0 Å². The van der Waals surface area contributed by atoms with Crippen molar-refractivity contribution in [3.63, 3.8) is 0 Å². The Balaban J connectivity index is 0.000001000. The molecule has 1 aliphatic heterocycles. The van der Waals surface area contributed by atoms with Crippen molar-refractivity contribution in [3.05, 3.63) is 0 Å². The molecule has 0 amide bonds. The molecule has 1 heterocycles. The number of nitrogens with one attached hydrogen (secondary N) is 1. The highest BCUT2D eigenvalue weighted by molar-refractivity contribution is 7.92. The van der Waals surface area contributed by atoms with Crippen LogP contribution in [-0.2, 0) is 9.84 Å². The molecule has 0 aromatic heterocycles. The van der Waals surface area contributed by atoms with Gasteiger partial charge in [0.1, 0.15) is 0 Å². The SMILES string of the molecule is CC(C)S(=O)(=O)C1CNC1.Cl. The second-order valence-electron chi connectivity index (χ2n) is 2.92. The van der Waals surface area contributed by atoms with Gasteiger partial charge in [-0.1, -0.05) is 0 Å². The van der Waals surface area contributed by atoms with Crippen molar-refractivity contribution in [2.45, 2.75) is 24.3 Å². The van der Waals surface area contributed by atoms with Gasteiger partial charge in [0.2, 0.25) is 0 Å². The molecule has 5 heteroatoms. The molecule has 1 fully saturated rings. The first-order chi connectivity index (χ1) is 4.55. The molecule has 1 N–H and O–H groups in total. The van der Waals surface area contributed by atoms with E-state index in [9.17, 15) is 8.42 Å². The van der Waals surface area contributed by atoms with E-state index < -0.39 is 9.84 Å². The zero-order valence-corrected chi connectivity index (χ0v) is 8.33. The highest BCUT2D eigenvalue weighted by Gasteiger charge is 2.32. The van der Waals surface area contributed by atoms with Crippen molar-refractivity contribution < 1.29 is 8.42 Å². The largest absolute Gasteiger partial charge is 0.314 e. The number of sulfone groups is 1. The lowest BCUT2D eigenvalue weighted by atomic mass is 10.3. The smallest absolute Gasteiger partial charge is 0.157 e. The Hall–Kier alpha value is 0.200. The molecular weight excluding hydrogens is 186 g/mol. The highest BCUT2D eigenvalue weighted by Crippen LogP contribution is 2.12. The van der Waals surface area contributed by atoms with Gasteiger partial charge in [-0.15, -0.1) is 12.4 Å². The second kappa shape index (κ2) is 3.74. The van der Waals surface area contributed by atoms with Crippen LogP contribution in [-0.4, -0.2) is 32.0 Å². The van der Waals surface area contributed by atoms with Crippen LogP contribution in [0.15, 0.2) is 0 Å². The van der Waals surface area contributed by atoms with Gasteiger partial charge in [-0.05, 0) is 13.8 Å². The molecule has 0 unspecified atom stereocenters. The van der Waals surface area contributed by atoms with Gasteiger partial charge in [-0.25, -0.2) is 8.42 Å². The molecule has 0 saturated carbocycles. The summed E-state index contributed by atoms with van der Waals surface area (Å²) >= 11 is 0. The summed E-state index contributed by atoms with van der Waals surface area (Å²) in [7, 11) is -2.80.